The Morgan fingerprint density at radius 3 is 2.93 bits per heavy atom. The van der Waals surface area contributed by atoms with E-state index in [4.69, 9.17) is 11.6 Å². The second-order valence-electron chi connectivity index (χ2n) is 3.16. The highest BCUT2D eigenvalue weighted by Crippen LogP contribution is 2.27. The first kappa shape index (κ1) is 9.87. The molecule has 2 nitrogen and oxygen atoms in total. The van der Waals surface area contributed by atoms with Gasteiger partial charge in [0.25, 0.3) is 0 Å². The van der Waals surface area contributed by atoms with Crippen LogP contribution in [-0.2, 0) is 4.79 Å². The lowest BCUT2D eigenvalue weighted by Crippen LogP contribution is -2.35. The maximum atomic E-state index is 11.2. The molecule has 1 atom stereocenters. The molecule has 1 saturated heterocycles. The third-order valence-corrected chi connectivity index (χ3v) is 3.51. The Balaban J connectivity index is 2.22. The maximum absolute atomic E-state index is 11.2. The quantitative estimate of drug-likeness (QED) is 0.798. The van der Waals surface area contributed by atoms with Crippen molar-refractivity contribution in [2.75, 3.05) is 11.5 Å². The van der Waals surface area contributed by atoms with Crippen molar-refractivity contribution in [2.24, 2.45) is 0 Å². The van der Waals surface area contributed by atoms with E-state index < -0.39 is 0 Å². The van der Waals surface area contributed by atoms with Crippen LogP contribution in [0.5, 0.6) is 0 Å². The van der Waals surface area contributed by atoms with Gasteiger partial charge in [0.05, 0.1) is 11.8 Å². The first-order chi connectivity index (χ1) is 6.77. The average molecular weight is 228 g/mol. The van der Waals surface area contributed by atoms with Gasteiger partial charge in [-0.05, 0) is 11.6 Å². The van der Waals surface area contributed by atoms with E-state index in [1.54, 1.807) is 11.8 Å². The van der Waals surface area contributed by atoms with Crippen molar-refractivity contribution in [2.45, 2.75) is 6.04 Å². The molecule has 0 aromatic heterocycles. The van der Waals surface area contributed by atoms with Crippen molar-refractivity contribution in [3.8, 4) is 0 Å². The van der Waals surface area contributed by atoms with Crippen molar-refractivity contribution >= 4 is 29.3 Å². The molecule has 74 valence electrons. The molecule has 1 unspecified atom stereocenters. The summed E-state index contributed by atoms with van der Waals surface area (Å²) < 4.78 is 0. The van der Waals surface area contributed by atoms with Crippen LogP contribution in [0.3, 0.4) is 0 Å². The Bertz CT molecular complexity index is 356. The van der Waals surface area contributed by atoms with Gasteiger partial charge in [-0.15, -0.1) is 11.8 Å². The van der Waals surface area contributed by atoms with Gasteiger partial charge in [-0.2, -0.15) is 0 Å². The molecule has 0 spiro atoms. The minimum Gasteiger partial charge on any atom is -0.348 e. The normalized spacial score (nSPS) is 21.8. The number of halogens is 1. The van der Waals surface area contributed by atoms with E-state index in [9.17, 15) is 4.79 Å². The van der Waals surface area contributed by atoms with Gasteiger partial charge >= 0.3 is 0 Å². The largest absolute Gasteiger partial charge is 0.348 e. The molecule has 1 aliphatic heterocycles. The molecule has 1 amide bonds. The molecule has 1 aromatic rings. The number of benzene rings is 1. The van der Waals surface area contributed by atoms with E-state index in [1.165, 1.54) is 0 Å². The van der Waals surface area contributed by atoms with Gasteiger partial charge in [-0.1, -0.05) is 29.8 Å². The minimum absolute atomic E-state index is 0.0648. The minimum atomic E-state index is 0.0648. The molecule has 1 aliphatic rings. The number of rotatable bonds is 1. The van der Waals surface area contributed by atoms with Crippen LogP contribution in [0, 0.1) is 0 Å². The van der Waals surface area contributed by atoms with Gasteiger partial charge in [-0.25, -0.2) is 0 Å². The van der Waals surface area contributed by atoms with Crippen LogP contribution >= 0.6 is 23.4 Å². The van der Waals surface area contributed by atoms with Gasteiger partial charge in [-0.3, -0.25) is 4.79 Å². The molecule has 0 bridgehead atoms. The molecule has 2 rings (SSSR count). The zero-order valence-electron chi connectivity index (χ0n) is 7.50. The van der Waals surface area contributed by atoms with E-state index in [0.29, 0.717) is 5.75 Å². The van der Waals surface area contributed by atoms with Crippen molar-refractivity contribution in [3.05, 3.63) is 34.9 Å². The molecule has 0 aliphatic carbocycles. The first-order valence-corrected chi connectivity index (χ1v) is 5.92. The van der Waals surface area contributed by atoms with Gasteiger partial charge < -0.3 is 5.32 Å². The van der Waals surface area contributed by atoms with E-state index in [1.807, 2.05) is 24.3 Å². The molecule has 4 heteroatoms. The van der Waals surface area contributed by atoms with E-state index in [-0.39, 0.29) is 11.9 Å². The van der Waals surface area contributed by atoms with Gasteiger partial charge in [0.2, 0.25) is 5.91 Å². The van der Waals surface area contributed by atoms with Crippen LogP contribution < -0.4 is 5.32 Å². The predicted octanol–water partition coefficient (Wildman–Crippen LogP) is 2.24. The van der Waals surface area contributed by atoms with Gasteiger partial charge in [0.1, 0.15) is 0 Å². The zero-order valence-corrected chi connectivity index (χ0v) is 9.07. The first-order valence-electron chi connectivity index (χ1n) is 4.39. The number of hydrogen-bond acceptors (Lipinski definition) is 2. The number of thioether (sulfide) groups is 1. The standard InChI is InChI=1S/C10H10ClNOS/c11-8-4-2-1-3-7(8)9-5-14-6-10(13)12-9/h1-4,9H,5-6H2,(H,12,13). The number of carbonyl (C=O) groups excluding carboxylic acids is 1. The van der Waals surface area contributed by atoms with Crippen LogP contribution in [0.4, 0.5) is 0 Å². The lowest BCUT2D eigenvalue weighted by Gasteiger charge is -2.23. The number of amides is 1. The van der Waals surface area contributed by atoms with Gasteiger partial charge in [0.15, 0.2) is 0 Å². The lowest BCUT2D eigenvalue weighted by molar-refractivity contribution is -0.119. The van der Waals surface area contributed by atoms with E-state index >= 15 is 0 Å². The fourth-order valence-electron chi connectivity index (χ4n) is 1.47. The Kier molecular flexibility index (Phi) is 2.99. The SMILES string of the molecule is O=C1CSCC(c2ccccc2Cl)N1. The second-order valence-corrected chi connectivity index (χ2v) is 4.59. The molecular formula is C10H10ClNOS. The summed E-state index contributed by atoms with van der Waals surface area (Å²) in [4.78, 5) is 11.2. The van der Waals surface area contributed by atoms with Crippen LogP contribution in [0.15, 0.2) is 24.3 Å². The topological polar surface area (TPSA) is 29.1 Å². The second kappa shape index (κ2) is 4.24. The number of carbonyl (C=O) groups is 1. The summed E-state index contributed by atoms with van der Waals surface area (Å²) in [7, 11) is 0. The summed E-state index contributed by atoms with van der Waals surface area (Å²) in [5, 5.41) is 3.65. The monoisotopic (exact) mass is 227 g/mol. The van der Waals surface area contributed by atoms with Crippen LogP contribution in [0.1, 0.15) is 11.6 Å². The van der Waals surface area contributed by atoms with E-state index in [0.717, 1.165) is 16.3 Å². The number of nitrogens with one attached hydrogen (secondary N) is 1. The molecule has 0 saturated carbocycles. The summed E-state index contributed by atoms with van der Waals surface area (Å²) in [5.41, 5.74) is 1.01. The Morgan fingerprint density at radius 1 is 1.43 bits per heavy atom. The fraction of sp³-hybridized carbons (Fsp3) is 0.300. The Labute approximate surface area is 92.0 Å². The molecule has 1 fully saturated rings. The molecule has 1 heterocycles. The zero-order chi connectivity index (χ0) is 9.97. The predicted molar refractivity (Wildman–Crippen MR) is 59.7 cm³/mol. The Morgan fingerprint density at radius 2 is 2.21 bits per heavy atom. The fourth-order valence-corrected chi connectivity index (χ4v) is 2.62. The molecule has 14 heavy (non-hydrogen) atoms. The summed E-state index contributed by atoms with van der Waals surface area (Å²) in [6.45, 7) is 0. The Hall–Kier alpha value is -0.670. The maximum Gasteiger partial charge on any atom is 0.230 e. The van der Waals surface area contributed by atoms with Crippen LogP contribution in [-0.4, -0.2) is 17.4 Å². The highest BCUT2D eigenvalue weighted by Gasteiger charge is 2.21. The van der Waals surface area contributed by atoms with Crippen molar-refractivity contribution < 1.29 is 4.79 Å². The summed E-state index contributed by atoms with van der Waals surface area (Å²) in [5.74, 6) is 1.54. The molecule has 1 N–H and O–H groups in total. The molecule has 0 radical (unpaired) electrons. The number of hydrogen-bond donors (Lipinski definition) is 1. The van der Waals surface area contributed by atoms with Crippen LogP contribution in [0.2, 0.25) is 5.02 Å². The van der Waals surface area contributed by atoms with E-state index in [2.05, 4.69) is 5.32 Å². The molecular weight excluding hydrogens is 218 g/mol. The van der Waals surface area contributed by atoms with Crippen molar-refractivity contribution in [1.82, 2.24) is 5.32 Å². The average Bonchev–Trinajstić information content (AvgIpc) is 2.18. The lowest BCUT2D eigenvalue weighted by atomic mass is 10.1. The summed E-state index contributed by atoms with van der Waals surface area (Å²) in [6, 6.07) is 7.70. The third kappa shape index (κ3) is 2.04. The highest BCUT2D eigenvalue weighted by molar-refractivity contribution is 8.00. The summed E-state index contributed by atoms with van der Waals surface area (Å²) in [6.07, 6.45) is 0. The smallest absolute Gasteiger partial charge is 0.230 e. The van der Waals surface area contributed by atoms with Crippen molar-refractivity contribution in [1.29, 1.82) is 0 Å². The van der Waals surface area contributed by atoms with Gasteiger partial charge in [0, 0.05) is 10.8 Å². The third-order valence-electron chi connectivity index (χ3n) is 2.13. The highest BCUT2D eigenvalue weighted by atomic mass is 35.5. The van der Waals surface area contributed by atoms with Crippen LogP contribution in [0.25, 0.3) is 0 Å². The van der Waals surface area contributed by atoms with Crippen molar-refractivity contribution in [3.63, 3.8) is 0 Å². The summed E-state index contributed by atoms with van der Waals surface area (Å²) >= 11 is 7.69. The molecule has 1 aromatic carbocycles.